The van der Waals surface area contributed by atoms with Gasteiger partial charge in [-0.1, -0.05) is 89.4 Å². The predicted octanol–water partition coefficient (Wildman–Crippen LogP) is 12.3. The quantitative estimate of drug-likeness (QED) is 0.102. The molecule has 7 aromatic rings. The van der Waals surface area contributed by atoms with Crippen LogP contribution in [0.3, 0.4) is 0 Å². The number of fused-ring (bicyclic) bond motifs is 3. The molecule has 0 aliphatic rings. The molecule has 0 N–H and O–H groups in total. The Morgan fingerprint density at radius 3 is 2.19 bits per heavy atom. The first kappa shape index (κ1) is 38.2. The van der Waals surface area contributed by atoms with Crippen LogP contribution in [0.1, 0.15) is 93.4 Å². The first-order valence-corrected chi connectivity index (χ1v) is 18.4. The van der Waals surface area contributed by atoms with Crippen LogP contribution in [0.25, 0.3) is 44.4 Å². The number of halogens is 1. The maximum Gasteiger partial charge on any atom is 2.00 e. The maximum atomic E-state index is 14.5. The van der Waals surface area contributed by atoms with Gasteiger partial charge in [0.2, 0.25) is 0 Å². The van der Waals surface area contributed by atoms with E-state index in [1.807, 2.05) is 34.9 Å². The van der Waals surface area contributed by atoms with Crippen LogP contribution in [-0.4, -0.2) is 19.3 Å². The van der Waals surface area contributed by atoms with Crippen molar-refractivity contribution < 1.29 is 29.6 Å². The van der Waals surface area contributed by atoms with Gasteiger partial charge in [0.05, 0.1) is 11.4 Å². The molecule has 0 unspecified atom stereocenters. The first-order chi connectivity index (χ1) is 24.9. The standard InChI is InChI=1S/C46H47FN4O.Pd/c1-27(2)14-15-33-22-35(51-46(29(5)6)44(45(49-51)28(3)4)43-31(8)20-30(7)21-32(43)9)25-37(23-33)52-36-16-17-39-38-12-10-11-13-40(38)50(41(39)26-36)42-24-34(47)18-19-48-42;/h10-13,16-24,27-29H,14-15H2,1-9H3;/q-2;+2. The van der Waals surface area contributed by atoms with Crippen molar-refractivity contribution in [1.29, 1.82) is 0 Å². The molecule has 0 aliphatic heterocycles. The summed E-state index contributed by atoms with van der Waals surface area (Å²) in [7, 11) is 0. The van der Waals surface area contributed by atoms with Gasteiger partial charge in [0.15, 0.2) is 0 Å². The Bertz CT molecular complexity index is 2410. The van der Waals surface area contributed by atoms with Crippen LogP contribution >= 0.6 is 0 Å². The Morgan fingerprint density at radius 1 is 0.774 bits per heavy atom. The summed E-state index contributed by atoms with van der Waals surface area (Å²) >= 11 is 0. The van der Waals surface area contributed by atoms with E-state index in [0.29, 0.717) is 23.2 Å². The van der Waals surface area contributed by atoms with Crippen molar-refractivity contribution in [3.8, 4) is 34.1 Å². The van der Waals surface area contributed by atoms with Gasteiger partial charge in [-0.15, -0.1) is 35.7 Å². The number of hydrogen-bond acceptors (Lipinski definition) is 3. The number of pyridine rings is 1. The summed E-state index contributed by atoms with van der Waals surface area (Å²) in [6.07, 6.45) is 3.43. The molecule has 274 valence electrons. The van der Waals surface area contributed by atoms with E-state index < -0.39 is 0 Å². The topological polar surface area (TPSA) is 44.9 Å². The number of aryl methyl sites for hydroxylation is 4. The van der Waals surface area contributed by atoms with Crippen molar-refractivity contribution in [2.24, 2.45) is 5.92 Å². The SMILES string of the molecule is Cc1cc(C)c(-c2c(C(C)C)nn(-c3[c-]c(Oc4[c-]c5c(cc4)c4ccccc4n5-c4cc(F)ccn4)cc(CCC(C)C)c3)c2C(C)C)c(C)c1.[Pd+2]. The molecule has 0 fully saturated rings. The summed E-state index contributed by atoms with van der Waals surface area (Å²) in [4.78, 5) is 4.51. The summed E-state index contributed by atoms with van der Waals surface area (Å²) in [6.45, 7) is 20.0. The average Bonchev–Trinajstić information content (AvgIpc) is 3.64. The van der Waals surface area contributed by atoms with Gasteiger partial charge in [-0.3, -0.25) is 4.68 Å². The second kappa shape index (κ2) is 15.4. The zero-order chi connectivity index (χ0) is 36.8. The normalized spacial score (nSPS) is 11.7. The monoisotopic (exact) mass is 796 g/mol. The van der Waals surface area contributed by atoms with Gasteiger partial charge >= 0.3 is 20.4 Å². The van der Waals surface area contributed by atoms with Gasteiger partial charge in [0.25, 0.3) is 0 Å². The van der Waals surface area contributed by atoms with Crippen LogP contribution < -0.4 is 4.74 Å². The van der Waals surface area contributed by atoms with Crippen LogP contribution in [0.5, 0.6) is 11.5 Å². The zero-order valence-electron chi connectivity index (χ0n) is 32.0. The number of rotatable bonds is 10. The van der Waals surface area contributed by atoms with E-state index in [4.69, 9.17) is 9.84 Å². The van der Waals surface area contributed by atoms with E-state index in [1.54, 1.807) is 0 Å². The van der Waals surface area contributed by atoms with Crippen LogP contribution in [-0.2, 0) is 26.8 Å². The maximum absolute atomic E-state index is 14.5. The minimum atomic E-state index is -0.348. The fraction of sp³-hybridized carbons (Fsp3) is 0.304. The van der Waals surface area contributed by atoms with Gasteiger partial charge < -0.3 is 9.30 Å². The van der Waals surface area contributed by atoms with Gasteiger partial charge in [-0.05, 0) is 84.8 Å². The Kier molecular flexibility index (Phi) is 11.1. The second-order valence-corrected chi connectivity index (χ2v) is 15.2. The molecule has 4 aromatic carbocycles. The number of ether oxygens (including phenoxy) is 1. The molecule has 0 aliphatic carbocycles. The van der Waals surface area contributed by atoms with Gasteiger partial charge in [0.1, 0.15) is 11.6 Å². The molecule has 0 radical (unpaired) electrons. The molecular formula is C46H47FN4OPd. The molecule has 0 bridgehead atoms. The molecule has 0 atom stereocenters. The van der Waals surface area contributed by atoms with E-state index in [9.17, 15) is 4.39 Å². The van der Waals surface area contributed by atoms with Crippen LogP contribution in [0.4, 0.5) is 4.39 Å². The Labute approximate surface area is 326 Å². The molecule has 5 nitrogen and oxygen atoms in total. The number of benzene rings is 4. The molecule has 7 heteroatoms. The number of hydrogen-bond donors (Lipinski definition) is 0. The molecule has 0 saturated heterocycles. The van der Waals surface area contributed by atoms with Crippen LogP contribution in [0, 0.1) is 44.6 Å². The third-order valence-corrected chi connectivity index (χ3v) is 9.81. The fourth-order valence-electron chi connectivity index (χ4n) is 7.56. The molecule has 0 spiro atoms. The van der Waals surface area contributed by atoms with Crippen LogP contribution in [0.2, 0.25) is 0 Å². The number of para-hydroxylation sites is 1. The summed E-state index contributed by atoms with van der Waals surface area (Å²) < 4.78 is 25.2. The summed E-state index contributed by atoms with van der Waals surface area (Å²) in [5, 5.41) is 7.38. The van der Waals surface area contributed by atoms with Crippen molar-refractivity contribution >= 4 is 21.8 Å². The summed E-state index contributed by atoms with van der Waals surface area (Å²) in [6, 6.07) is 30.8. The van der Waals surface area contributed by atoms with Gasteiger partial charge in [-0.2, -0.15) is 16.7 Å². The molecular weight excluding hydrogens is 750 g/mol. The first-order valence-electron chi connectivity index (χ1n) is 18.4. The third kappa shape index (κ3) is 7.48. The summed E-state index contributed by atoms with van der Waals surface area (Å²) in [5.74, 6) is 2.23. The van der Waals surface area contributed by atoms with Crippen molar-refractivity contribution in [3.63, 3.8) is 0 Å². The molecule has 3 aromatic heterocycles. The van der Waals surface area contributed by atoms with Gasteiger partial charge in [-0.25, -0.2) is 9.37 Å². The van der Waals surface area contributed by atoms with E-state index in [1.165, 1.54) is 51.8 Å². The Morgan fingerprint density at radius 2 is 1.51 bits per heavy atom. The molecule has 7 rings (SSSR count). The van der Waals surface area contributed by atoms with Crippen molar-refractivity contribution in [1.82, 2.24) is 19.3 Å². The van der Waals surface area contributed by atoms with Crippen molar-refractivity contribution in [2.45, 2.75) is 87.0 Å². The van der Waals surface area contributed by atoms with Crippen LogP contribution in [0.15, 0.2) is 79.0 Å². The Balaban J connectivity index is 0.00000481. The summed E-state index contributed by atoms with van der Waals surface area (Å²) in [5.41, 5.74) is 12.2. The number of nitrogens with zero attached hydrogens (tertiary/aromatic N) is 4. The minimum absolute atomic E-state index is 0. The predicted molar refractivity (Wildman–Crippen MR) is 211 cm³/mol. The molecule has 3 heterocycles. The number of aromatic nitrogens is 4. The average molecular weight is 797 g/mol. The smallest absolute Gasteiger partial charge is 0.509 e. The van der Waals surface area contributed by atoms with E-state index >= 15 is 0 Å². The molecule has 53 heavy (non-hydrogen) atoms. The third-order valence-electron chi connectivity index (χ3n) is 9.81. The van der Waals surface area contributed by atoms with E-state index in [2.05, 4.69) is 114 Å². The molecule has 0 amide bonds. The van der Waals surface area contributed by atoms with Crippen molar-refractivity contribution in [2.75, 3.05) is 0 Å². The fourth-order valence-corrected chi connectivity index (χ4v) is 7.56. The second-order valence-electron chi connectivity index (χ2n) is 15.2. The van der Waals surface area contributed by atoms with Gasteiger partial charge in [0, 0.05) is 34.8 Å². The van der Waals surface area contributed by atoms with E-state index in [-0.39, 0.29) is 38.1 Å². The Hall–Kier alpha value is -4.57. The van der Waals surface area contributed by atoms with E-state index in [0.717, 1.165) is 51.6 Å². The van der Waals surface area contributed by atoms with Crippen molar-refractivity contribution in [3.05, 3.63) is 131 Å². The largest absolute Gasteiger partial charge is 2.00 e. The minimum Gasteiger partial charge on any atom is -0.509 e. The molecule has 0 saturated carbocycles. The zero-order valence-corrected chi connectivity index (χ0v) is 33.6.